The number of nitrogens with zero attached hydrogens (tertiary/aromatic N) is 1. The van der Waals surface area contributed by atoms with Crippen molar-refractivity contribution in [2.75, 3.05) is 6.61 Å². The van der Waals surface area contributed by atoms with Crippen LogP contribution in [0.3, 0.4) is 0 Å². The quantitative estimate of drug-likeness (QED) is 0.464. The van der Waals surface area contributed by atoms with Crippen LogP contribution >= 0.6 is 15.9 Å². The van der Waals surface area contributed by atoms with Crippen LogP contribution in [0.5, 0.6) is 5.75 Å². The highest BCUT2D eigenvalue weighted by molar-refractivity contribution is 9.10. The number of carbonyl (C=O) groups is 1. The summed E-state index contributed by atoms with van der Waals surface area (Å²) in [4.78, 5) is 20.0. The molecule has 1 amide bonds. The first-order chi connectivity index (χ1) is 13.7. The van der Waals surface area contributed by atoms with E-state index < -0.39 is 0 Å². The summed E-state index contributed by atoms with van der Waals surface area (Å²) < 4.78 is 6.52. The van der Waals surface area contributed by atoms with E-state index in [4.69, 9.17) is 4.74 Å². The van der Waals surface area contributed by atoms with Gasteiger partial charge in [-0.05, 0) is 41.5 Å². The van der Waals surface area contributed by atoms with Crippen molar-refractivity contribution in [3.8, 4) is 5.75 Å². The summed E-state index contributed by atoms with van der Waals surface area (Å²) in [6, 6.07) is 22.9. The Balaban J connectivity index is 1.54. The van der Waals surface area contributed by atoms with Crippen LogP contribution in [-0.4, -0.2) is 22.5 Å². The van der Waals surface area contributed by atoms with Gasteiger partial charge in [-0.2, -0.15) is 0 Å². The molecule has 0 fully saturated rings. The number of benzene rings is 3. The highest BCUT2D eigenvalue weighted by atomic mass is 79.9. The number of rotatable bonds is 6. The monoisotopic (exact) mass is 435 g/mol. The molecule has 0 aliphatic heterocycles. The van der Waals surface area contributed by atoms with E-state index in [-0.39, 0.29) is 18.6 Å². The van der Waals surface area contributed by atoms with E-state index in [1.54, 1.807) is 6.33 Å². The molecule has 4 rings (SSSR count). The Morgan fingerprint density at radius 1 is 1.04 bits per heavy atom. The number of aromatic amines is 1. The molecule has 0 spiro atoms. The van der Waals surface area contributed by atoms with E-state index in [1.807, 2.05) is 72.8 Å². The van der Waals surface area contributed by atoms with Gasteiger partial charge in [0.2, 0.25) is 0 Å². The maximum atomic E-state index is 12.6. The SMILES string of the molecule is O=C(COc1cccc(Br)c1)NC(c1ccccc1)c1ccc2nc[nH]c2c1. The van der Waals surface area contributed by atoms with Gasteiger partial charge in [0.25, 0.3) is 5.91 Å². The number of nitrogens with one attached hydrogen (secondary N) is 2. The van der Waals surface area contributed by atoms with Gasteiger partial charge in [0, 0.05) is 4.47 Å². The first kappa shape index (κ1) is 18.3. The Kier molecular flexibility index (Phi) is 5.39. The Morgan fingerprint density at radius 2 is 1.89 bits per heavy atom. The molecule has 1 atom stereocenters. The Hall–Kier alpha value is -3.12. The minimum absolute atomic E-state index is 0.0634. The zero-order chi connectivity index (χ0) is 19.3. The van der Waals surface area contributed by atoms with Crippen molar-refractivity contribution in [2.45, 2.75) is 6.04 Å². The van der Waals surface area contributed by atoms with Gasteiger partial charge in [-0.3, -0.25) is 4.79 Å². The summed E-state index contributed by atoms with van der Waals surface area (Å²) in [7, 11) is 0. The van der Waals surface area contributed by atoms with Crippen molar-refractivity contribution < 1.29 is 9.53 Å². The number of halogens is 1. The molecule has 5 nitrogen and oxygen atoms in total. The average Bonchev–Trinajstić information content (AvgIpc) is 3.19. The second-order valence-corrected chi connectivity index (χ2v) is 7.25. The fraction of sp³-hybridized carbons (Fsp3) is 0.0909. The number of ether oxygens (including phenoxy) is 1. The van der Waals surface area contributed by atoms with Gasteiger partial charge in [-0.25, -0.2) is 4.98 Å². The minimum Gasteiger partial charge on any atom is -0.484 e. The van der Waals surface area contributed by atoms with Crippen LogP contribution in [0.1, 0.15) is 17.2 Å². The molecule has 0 aliphatic carbocycles. The highest BCUT2D eigenvalue weighted by Crippen LogP contribution is 2.25. The smallest absolute Gasteiger partial charge is 0.258 e. The summed E-state index contributed by atoms with van der Waals surface area (Å²) in [5.74, 6) is 0.443. The summed E-state index contributed by atoms with van der Waals surface area (Å²) >= 11 is 3.40. The summed E-state index contributed by atoms with van der Waals surface area (Å²) in [5, 5.41) is 3.08. The molecule has 1 heterocycles. The molecular weight excluding hydrogens is 418 g/mol. The molecule has 3 aromatic carbocycles. The van der Waals surface area contributed by atoms with Crippen LogP contribution in [0.2, 0.25) is 0 Å². The van der Waals surface area contributed by atoms with Gasteiger partial charge in [-0.1, -0.05) is 58.4 Å². The van der Waals surface area contributed by atoms with Gasteiger partial charge in [0.1, 0.15) is 5.75 Å². The molecular formula is C22H18BrN3O2. The van der Waals surface area contributed by atoms with Crippen molar-refractivity contribution >= 4 is 32.9 Å². The zero-order valence-corrected chi connectivity index (χ0v) is 16.5. The normalized spacial score (nSPS) is 11.9. The lowest BCUT2D eigenvalue weighted by atomic mass is 9.98. The van der Waals surface area contributed by atoms with Crippen LogP contribution in [-0.2, 0) is 4.79 Å². The average molecular weight is 436 g/mol. The van der Waals surface area contributed by atoms with Gasteiger partial charge >= 0.3 is 0 Å². The standard InChI is InChI=1S/C22H18BrN3O2/c23-17-7-4-8-18(12-17)28-13-21(27)26-22(15-5-2-1-3-6-15)16-9-10-19-20(11-16)25-14-24-19/h1-12,14,22H,13H2,(H,24,25)(H,26,27). The fourth-order valence-corrected chi connectivity index (χ4v) is 3.42. The van der Waals surface area contributed by atoms with Gasteiger partial charge < -0.3 is 15.0 Å². The lowest BCUT2D eigenvalue weighted by Gasteiger charge is -2.20. The molecule has 28 heavy (non-hydrogen) atoms. The number of amides is 1. The third-order valence-electron chi connectivity index (χ3n) is 4.38. The number of hydrogen-bond acceptors (Lipinski definition) is 3. The van der Waals surface area contributed by atoms with E-state index in [0.29, 0.717) is 5.75 Å². The second kappa shape index (κ2) is 8.27. The van der Waals surface area contributed by atoms with Crippen LogP contribution in [0.25, 0.3) is 11.0 Å². The lowest BCUT2D eigenvalue weighted by Crippen LogP contribution is -2.33. The van der Waals surface area contributed by atoms with E-state index in [0.717, 1.165) is 26.6 Å². The van der Waals surface area contributed by atoms with Crippen molar-refractivity contribution in [1.29, 1.82) is 0 Å². The number of fused-ring (bicyclic) bond motifs is 1. The largest absolute Gasteiger partial charge is 0.484 e. The fourth-order valence-electron chi connectivity index (χ4n) is 3.05. The Morgan fingerprint density at radius 3 is 2.71 bits per heavy atom. The van der Waals surface area contributed by atoms with E-state index >= 15 is 0 Å². The molecule has 0 radical (unpaired) electrons. The predicted octanol–water partition coefficient (Wildman–Crippen LogP) is 4.61. The molecule has 4 aromatic rings. The lowest BCUT2D eigenvalue weighted by molar-refractivity contribution is -0.123. The molecule has 0 saturated heterocycles. The Labute approximate surface area is 170 Å². The molecule has 1 unspecified atom stereocenters. The molecule has 0 bridgehead atoms. The second-order valence-electron chi connectivity index (χ2n) is 6.34. The van der Waals surface area contributed by atoms with Crippen molar-refractivity contribution in [1.82, 2.24) is 15.3 Å². The maximum Gasteiger partial charge on any atom is 0.258 e. The molecule has 0 saturated carbocycles. The summed E-state index contributed by atoms with van der Waals surface area (Å²) in [5.41, 5.74) is 3.79. The van der Waals surface area contributed by atoms with Gasteiger partial charge in [0.05, 0.1) is 23.4 Å². The molecule has 6 heteroatoms. The van der Waals surface area contributed by atoms with E-state index in [9.17, 15) is 4.79 Å². The van der Waals surface area contributed by atoms with Crippen LogP contribution in [0.4, 0.5) is 0 Å². The molecule has 140 valence electrons. The first-order valence-electron chi connectivity index (χ1n) is 8.85. The molecule has 0 aliphatic rings. The van der Waals surface area contributed by atoms with E-state index in [2.05, 4.69) is 31.2 Å². The van der Waals surface area contributed by atoms with Crippen molar-refractivity contribution in [2.24, 2.45) is 0 Å². The number of aromatic nitrogens is 2. The van der Waals surface area contributed by atoms with E-state index in [1.165, 1.54) is 0 Å². The highest BCUT2D eigenvalue weighted by Gasteiger charge is 2.18. The van der Waals surface area contributed by atoms with Crippen LogP contribution in [0.15, 0.2) is 83.6 Å². The predicted molar refractivity (Wildman–Crippen MR) is 112 cm³/mol. The third kappa shape index (κ3) is 4.23. The summed E-state index contributed by atoms with van der Waals surface area (Å²) in [6.45, 7) is -0.0634. The number of imidazole rings is 1. The minimum atomic E-state index is -0.285. The van der Waals surface area contributed by atoms with Crippen molar-refractivity contribution in [3.05, 3.63) is 94.7 Å². The zero-order valence-electron chi connectivity index (χ0n) is 14.9. The Bertz CT molecular complexity index is 1100. The van der Waals surface area contributed by atoms with Crippen molar-refractivity contribution in [3.63, 3.8) is 0 Å². The molecule has 2 N–H and O–H groups in total. The summed E-state index contributed by atoms with van der Waals surface area (Å²) in [6.07, 6.45) is 1.66. The van der Waals surface area contributed by atoms with Crippen LogP contribution < -0.4 is 10.1 Å². The maximum absolute atomic E-state index is 12.6. The molecule has 1 aromatic heterocycles. The van der Waals surface area contributed by atoms with Crippen LogP contribution in [0, 0.1) is 0 Å². The van der Waals surface area contributed by atoms with Gasteiger partial charge in [-0.15, -0.1) is 0 Å². The first-order valence-corrected chi connectivity index (χ1v) is 9.64. The third-order valence-corrected chi connectivity index (χ3v) is 4.88. The number of carbonyl (C=O) groups excluding carboxylic acids is 1. The number of hydrogen-bond donors (Lipinski definition) is 2. The topological polar surface area (TPSA) is 67.0 Å². The number of H-pyrrole nitrogens is 1. The van der Waals surface area contributed by atoms with Gasteiger partial charge in [0.15, 0.2) is 6.61 Å².